The van der Waals surface area contributed by atoms with Crippen molar-refractivity contribution in [2.75, 3.05) is 13.2 Å². The molecule has 0 radical (unpaired) electrons. The number of nitrogens with one attached hydrogen (secondary N) is 1. The predicted molar refractivity (Wildman–Crippen MR) is 99.6 cm³/mol. The molecule has 0 bridgehead atoms. The van der Waals surface area contributed by atoms with Gasteiger partial charge in [-0.1, -0.05) is 42.5 Å². The zero-order valence-electron chi connectivity index (χ0n) is 14.3. The van der Waals surface area contributed by atoms with Crippen LogP contribution in [0.3, 0.4) is 0 Å². The Hall–Kier alpha value is -3.41. The van der Waals surface area contributed by atoms with E-state index in [-0.39, 0.29) is 17.2 Å². The summed E-state index contributed by atoms with van der Waals surface area (Å²) < 4.78 is 5.76. The van der Waals surface area contributed by atoms with Crippen LogP contribution in [0.1, 0.15) is 15.9 Å². The molecule has 26 heavy (non-hydrogen) atoms. The Morgan fingerprint density at radius 3 is 2.69 bits per heavy atom. The number of rotatable bonds is 6. The van der Waals surface area contributed by atoms with Crippen molar-refractivity contribution in [3.8, 4) is 5.75 Å². The number of fused-ring (bicyclic) bond motifs is 1. The molecule has 6 heteroatoms. The average Bonchev–Trinajstić information content (AvgIpc) is 2.65. The van der Waals surface area contributed by atoms with Crippen molar-refractivity contribution in [2.24, 2.45) is 0 Å². The van der Waals surface area contributed by atoms with Crippen molar-refractivity contribution in [1.82, 2.24) is 5.32 Å². The first-order valence-corrected chi connectivity index (χ1v) is 8.20. The van der Waals surface area contributed by atoms with Gasteiger partial charge in [0.05, 0.1) is 11.5 Å². The van der Waals surface area contributed by atoms with Gasteiger partial charge in [0.2, 0.25) is 0 Å². The zero-order valence-corrected chi connectivity index (χ0v) is 14.3. The highest BCUT2D eigenvalue weighted by Gasteiger charge is 2.14. The molecule has 3 aromatic rings. The fourth-order valence-electron chi connectivity index (χ4n) is 2.70. The van der Waals surface area contributed by atoms with Gasteiger partial charge in [0.1, 0.15) is 12.4 Å². The van der Waals surface area contributed by atoms with E-state index in [1.807, 2.05) is 42.5 Å². The summed E-state index contributed by atoms with van der Waals surface area (Å²) in [5, 5.41) is 15.8. The molecule has 0 unspecified atom stereocenters. The van der Waals surface area contributed by atoms with E-state index in [1.54, 1.807) is 19.1 Å². The van der Waals surface area contributed by atoms with E-state index >= 15 is 0 Å². The molecule has 0 aliphatic carbocycles. The van der Waals surface area contributed by atoms with Gasteiger partial charge < -0.3 is 10.1 Å². The third-order valence-electron chi connectivity index (χ3n) is 4.06. The SMILES string of the molecule is Cc1ccc(C(=O)NCCOc2cccc3ccccc23)cc1[N+](=O)[O-]. The van der Waals surface area contributed by atoms with Crippen molar-refractivity contribution < 1.29 is 14.5 Å². The maximum atomic E-state index is 12.2. The summed E-state index contributed by atoms with van der Waals surface area (Å²) in [6, 6.07) is 18.1. The van der Waals surface area contributed by atoms with Crippen molar-refractivity contribution in [1.29, 1.82) is 0 Å². The lowest BCUT2D eigenvalue weighted by Gasteiger charge is -2.10. The average molecular weight is 350 g/mol. The largest absolute Gasteiger partial charge is 0.491 e. The van der Waals surface area contributed by atoms with Gasteiger partial charge in [0, 0.05) is 22.6 Å². The molecule has 0 aliphatic rings. The van der Waals surface area contributed by atoms with Crippen LogP contribution in [0.4, 0.5) is 5.69 Å². The molecule has 0 aromatic heterocycles. The number of aryl methyl sites for hydroxylation is 1. The first-order valence-electron chi connectivity index (χ1n) is 8.20. The van der Waals surface area contributed by atoms with Crippen LogP contribution in [-0.4, -0.2) is 24.0 Å². The summed E-state index contributed by atoms with van der Waals surface area (Å²) in [4.78, 5) is 22.6. The molecule has 0 saturated carbocycles. The van der Waals surface area contributed by atoms with Gasteiger partial charge in [0.15, 0.2) is 0 Å². The first-order chi connectivity index (χ1) is 12.6. The second kappa shape index (κ2) is 7.65. The van der Waals surface area contributed by atoms with Crippen LogP contribution in [0.15, 0.2) is 60.7 Å². The second-order valence-electron chi connectivity index (χ2n) is 5.84. The summed E-state index contributed by atoms with van der Waals surface area (Å²) >= 11 is 0. The van der Waals surface area contributed by atoms with Crippen LogP contribution in [-0.2, 0) is 0 Å². The van der Waals surface area contributed by atoms with Crippen molar-refractivity contribution >= 4 is 22.4 Å². The van der Waals surface area contributed by atoms with Crippen molar-refractivity contribution in [2.45, 2.75) is 6.92 Å². The molecular formula is C20H18N2O4. The van der Waals surface area contributed by atoms with Crippen molar-refractivity contribution in [3.63, 3.8) is 0 Å². The monoisotopic (exact) mass is 350 g/mol. The number of amides is 1. The highest BCUT2D eigenvalue weighted by Crippen LogP contribution is 2.25. The Bertz CT molecular complexity index is 964. The van der Waals surface area contributed by atoms with E-state index in [0.717, 1.165) is 16.5 Å². The minimum atomic E-state index is -0.490. The number of carbonyl (C=O) groups excluding carboxylic acids is 1. The molecule has 1 amide bonds. The van der Waals surface area contributed by atoms with Gasteiger partial charge in [-0.25, -0.2) is 0 Å². The Balaban J connectivity index is 1.59. The Labute approximate surface area is 150 Å². The van der Waals surface area contributed by atoms with E-state index in [2.05, 4.69) is 5.32 Å². The molecular weight excluding hydrogens is 332 g/mol. The van der Waals surface area contributed by atoms with E-state index in [4.69, 9.17) is 4.74 Å². The van der Waals surface area contributed by atoms with Crippen LogP contribution in [0.5, 0.6) is 5.75 Å². The maximum Gasteiger partial charge on any atom is 0.273 e. The summed E-state index contributed by atoms with van der Waals surface area (Å²) in [6.07, 6.45) is 0. The van der Waals surface area contributed by atoms with E-state index < -0.39 is 4.92 Å². The number of hydrogen-bond donors (Lipinski definition) is 1. The number of nitro benzene ring substituents is 1. The third-order valence-corrected chi connectivity index (χ3v) is 4.06. The van der Waals surface area contributed by atoms with Gasteiger partial charge in [-0.15, -0.1) is 0 Å². The van der Waals surface area contributed by atoms with Gasteiger partial charge in [-0.05, 0) is 24.4 Å². The maximum absolute atomic E-state index is 12.2. The molecule has 0 saturated heterocycles. The Kier molecular flexibility index (Phi) is 5.12. The fraction of sp³-hybridized carbons (Fsp3) is 0.150. The van der Waals surface area contributed by atoms with E-state index in [9.17, 15) is 14.9 Å². The standard InChI is InChI=1S/C20H18N2O4/c1-14-9-10-16(13-18(14)22(24)25)20(23)21-11-12-26-19-8-4-6-15-5-2-3-7-17(15)19/h2-10,13H,11-12H2,1H3,(H,21,23). The number of ether oxygens (including phenoxy) is 1. The lowest BCUT2D eigenvalue weighted by atomic mass is 10.1. The Morgan fingerprint density at radius 2 is 1.88 bits per heavy atom. The quantitative estimate of drug-likeness (QED) is 0.416. The van der Waals surface area contributed by atoms with Crippen molar-refractivity contribution in [3.05, 3.63) is 81.9 Å². The molecule has 1 N–H and O–H groups in total. The van der Waals surface area contributed by atoms with E-state index in [0.29, 0.717) is 18.7 Å². The highest BCUT2D eigenvalue weighted by molar-refractivity contribution is 5.95. The smallest absolute Gasteiger partial charge is 0.273 e. The summed E-state index contributed by atoms with van der Waals surface area (Å²) in [5.41, 5.74) is 0.711. The highest BCUT2D eigenvalue weighted by atomic mass is 16.6. The van der Waals surface area contributed by atoms with Gasteiger partial charge >= 0.3 is 0 Å². The lowest BCUT2D eigenvalue weighted by Crippen LogP contribution is -2.28. The third kappa shape index (κ3) is 3.80. The number of nitro groups is 1. The van der Waals surface area contributed by atoms with Gasteiger partial charge in [0.25, 0.3) is 11.6 Å². The number of benzene rings is 3. The van der Waals surface area contributed by atoms with Gasteiger partial charge in [-0.2, -0.15) is 0 Å². The molecule has 6 nitrogen and oxygen atoms in total. The molecule has 3 rings (SSSR count). The topological polar surface area (TPSA) is 81.5 Å². The molecule has 0 atom stereocenters. The van der Waals surface area contributed by atoms with Gasteiger partial charge in [-0.3, -0.25) is 14.9 Å². The molecule has 0 aliphatic heterocycles. The number of hydrogen-bond acceptors (Lipinski definition) is 4. The second-order valence-corrected chi connectivity index (χ2v) is 5.84. The first kappa shape index (κ1) is 17.4. The van der Waals surface area contributed by atoms with Crippen LogP contribution in [0, 0.1) is 17.0 Å². The lowest BCUT2D eigenvalue weighted by molar-refractivity contribution is -0.385. The number of carbonyl (C=O) groups is 1. The van der Waals surface area contributed by atoms with Crippen LogP contribution in [0.2, 0.25) is 0 Å². The number of nitrogens with zero attached hydrogens (tertiary/aromatic N) is 1. The van der Waals surface area contributed by atoms with Crippen LogP contribution in [0.25, 0.3) is 10.8 Å². The molecule has 0 spiro atoms. The summed E-state index contributed by atoms with van der Waals surface area (Å²) in [5.74, 6) is 0.387. The van der Waals surface area contributed by atoms with E-state index in [1.165, 1.54) is 6.07 Å². The summed E-state index contributed by atoms with van der Waals surface area (Å²) in [7, 11) is 0. The molecule has 132 valence electrons. The Morgan fingerprint density at radius 1 is 1.12 bits per heavy atom. The molecule has 0 fully saturated rings. The zero-order chi connectivity index (χ0) is 18.5. The summed E-state index contributed by atoms with van der Waals surface area (Å²) in [6.45, 7) is 2.23. The predicted octanol–water partition coefficient (Wildman–Crippen LogP) is 3.87. The minimum Gasteiger partial charge on any atom is -0.491 e. The normalized spacial score (nSPS) is 10.5. The molecule has 0 heterocycles. The molecule has 3 aromatic carbocycles. The fourth-order valence-corrected chi connectivity index (χ4v) is 2.70. The van der Waals surface area contributed by atoms with Crippen LogP contribution < -0.4 is 10.1 Å². The van der Waals surface area contributed by atoms with Crippen LogP contribution >= 0.6 is 0 Å². The minimum absolute atomic E-state index is 0.0651.